The smallest absolute Gasteiger partial charge is 0.269 e. The van der Waals surface area contributed by atoms with Gasteiger partial charge in [-0.05, 0) is 49.4 Å². The lowest BCUT2D eigenvalue weighted by Crippen LogP contribution is -2.44. The van der Waals surface area contributed by atoms with Crippen LogP contribution in [0.25, 0.3) is 0 Å². The number of carbonyl (C=O) groups excluding carboxylic acids is 2. The van der Waals surface area contributed by atoms with Gasteiger partial charge in [0, 0.05) is 15.5 Å². The van der Waals surface area contributed by atoms with Crippen LogP contribution in [0.1, 0.15) is 17.3 Å². The average molecular weight is 379 g/mol. The first-order chi connectivity index (χ1) is 12.0. The number of amides is 2. The Labute approximate surface area is 153 Å². The zero-order valence-electron chi connectivity index (χ0n) is 13.2. The molecule has 0 radical (unpaired) electrons. The molecular formula is C17H15ClN2O4S. The number of fused-ring (bicyclic) bond motifs is 1. The van der Waals surface area contributed by atoms with Crippen LogP contribution in [0.15, 0.2) is 47.4 Å². The molecule has 2 aromatic rings. The van der Waals surface area contributed by atoms with Crippen LogP contribution < -0.4 is 20.3 Å². The van der Waals surface area contributed by atoms with Gasteiger partial charge in [0.2, 0.25) is 6.79 Å². The number of carbonyl (C=O) groups is 2. The van der Waals surface area contributed by atoms with E-state index in [-0.39, 0.29) is 12.7 Å². The van der Waals surface area contributed by atoms with Crippen LogP contribution in [0.5, 0.6) is 11.5 Å². The van der Waals surface area contributed by atoms with Crippen molar-refractivity contribution < 1.29 is 19.1 Å². The fraction of sp³-hybridized carbons (Fsp3) is 0.176. The van der Waals surface area contributed by atoms with E-state index < -0.39 is 11.2 Å². The Balaban J connectivity index is 1.52. The second-order valence-electron chi connectivity index (χ2n) is 5.23. The van der Waals surface area contributed by atoms with Gasteiger partial charge in [-0.2, -0.15) is 0 Å². The number of rotatable bonds is 4. The molecule has 0 unspecified atom stereocenters. The van der Waals surface area contributed by atoms with E-state index in [0.717, 1.165) is 4.90 Å². The van der Waals surface area contributed by atoms with Crippen LogP contribution in [-0.2, 0) is 4.79 Å². The Morgan fingerprint density at radius 1 is 1.08 bits per heavy atom. The van der Waals surface area contributed by atoms with Crippen LogP contribution >= 0.6 is 23.4 Å². The fourth-order valence-electron chi connectivity index (χ4n) is 2.10. The standard InChI is InChI=1S/C17H15ClN2O4S/c1-10(25-13-5-3-12(18)4-6-13)16(21)19-20-17(22)11-2-7-14-15(8-11)24-9-23-14/h2-8,10H,9H2,1H3,(H,19,21)(H,20,22)/t10-/m1/s1. The van der Waals surface area contributed by atoms with Crippen LogP contribution in [0.4, 0.5) is 0 Å². The Morgan fingerprint density at radius 3 is 2.56 bits per heavy atom. The van der Waals surface area contributed by atoms with Crippen molar-refractivity contribution in [2.75, 3.05) is 6.79 Å². The first-order valence-electron chi connectivity index (χ1n) is 7.45. The van der Waals surface area contributed by atoms with Crippen molar-refractivity contribution in [2.24, 2.45) is 0 Å². The molecule has 0 aromatic heterocycles. The number of benzene rings is 2. The summed E-state index contributed by atoms with van der Waals surface area (Å²) < 4.78 is 10.4. The third-order valence-corrected chi connectivity index (χ3v) is 4.79. The lowest BCUT2D eigenvalue weighted by molar-refractivity contribution is -0.121. The average Bonchev–Trinajstić information content (AvgIpc) is 3.08. The lowest BCUT2D eigenvalue weighted by atomic mass is 10.2. The second kappa shape index (κ2) is 7.67. The number of ether oxygens (including phenoxy) is 2. The lowest BCUT2D eigenvalue weighted by Gasteiger charge is -2.13. The minimum absolute atomic E-state index is 0.135. The van der Waals surface area contributed by atoms with E-state index in [4.69, 9.17) is 21.1 Å². The molecular weight excluding hydrogens is 364 g/mol. The van der Waals surface area contributed by atoms with Gasteiger partial charge in [-0.15, -0.1) is 11.8 Å². The highest BCUT2D eigenvalue weighted by Crippen LogP contribution is 2.32. The molecule has 8 heteroatoms. The molecule has 1 aliphatic rings. The molecule has 6 nitrogen and oxygen atoms in total. The Morgan fingerprint density at radius 2 is 1.80 bits per heavy atom. The van der Waals surface area contributed by atoms with E-state index in [1.54, 1.807) is 37.3 Å². The summed E-state index contributed by atoms with van der Waals surface area (Å²) >= 11 is 7.20. The Kier molecular flexibility index (Phi) is 5.35. The van der Waals surface area contributed by atoms with Gasteiger partial charge >= 0.3 is 0 Å². The van der Waals surface area contributed by atoms with Gasteiger partial charge in [-0.1, -0.05) is 11.6 Å². The highest BCUT2D eigenvalue weighted by atomic mass is 35.5. The molecule has 2 aromatic carbocycles. The quantitative estimate of drug-likeness (QED) is 0.631. The molecule has 130 valence electrons. The number of hydrogen-bond acceptors (Lipinski definition) is 5. The molecule has 0 aliphatic carbocycles. The summed E-state index contributed by atoms with van der Waals surface area (Å²) in [7, 11) is 0. The van der Waals surface area contributed by atoms with Crippen molar-refractivity contribution in [3.8, 4) is 11.5 Å². The molecule has 0 fully saturated rings. The maximum Gasteiger partial charge on any atom is 0.269 e. The monoisotopic (exact) mass is 378 g/mol. The third-order valence-electron chi connectivity index (χ3n) is 3.43. The number of hydrogen-bond donors (Lipinski definition) is 2. The number of hydrazine groups is 1. The minimum Gasteiger partial charge on any atom is -0.454 e. The zero-order chi connectivity index (χ0) is 17.8. The van der Waals surface area contributed by atoms with E-state index in [0.29, 0.717) is 22.1 Å². The van der Waals surface area contributed by atoms with Crippen LogP contribution in [0, 0.1) is 0 Å². The van der Waals surface area contributed by atoms with Crippen LogP contribution in [0.3, 0.4) is 0 Å². The minimum atomic E-state index is -0.435. The van der Waals surface area contributed by atoms with Crippen molar-refractivity contribution in [2.45, 2.75) is 17.1 Å². The molecule has 3 rings (SSSR count). The first-order valence-corrected chi connectivity index (χ1v) is 8.71. The molecule has 1 atom stereocenters. The third kappa shape index (κ3) is 4.37. The summed E-state index contributed by atoms with van der Waals surface area (Å²) in [6.45, 7) is 1.89. The molecule has 25 heavy (non-hydrogen) atoms. The summed E-state index contributed by atoms with van der Waals surface area (Å²) in [6, 6.07) is 12.0. The maximum atomic E-state index is 12.1. The van der Waals surface area contributed by atoms with Gasteiger partial charge < -0.3 is 9.47 Å². The van der Waals surface area contributed by atoms with Gasteiger partial charge in [0.25, 0.3) is 11.8 Å². The normalized spacial score (nSPS) is 13.2. The first kappa shape index (κ1) is 17.4. The maximum absolute atomic E-state index is 12.1. The SMILES string of the molecule is C[C@@H](Sc1ccc(Cl)cc1)C(=O)NNC(=O)c1ccc2c(c1)OCO2. The van der Waals surface area contributed by atoms with Gasteiger partial charge in [0.15, 0.2) is 11.5 Å². The summed E-state index contributed by atoms with van der Waals surface area (Å²) in [5, 5.41) is 0.246. The highest BCUT2D eigenvalue weighted by Gasteiger charge is 2.18. The van der Waals surface area contributed by atoms with Gasteiger partial charge in [-0.25, -0.2) is 0 Å². The summed E-state index contributed by atoms with van der Waals surface area (Å²) in [6.07, 6.45) is 0. The Bertz CT molecular complexity index is 798. The topological polar surface area (TPSA) is 76.7 Å². The summed E-state index contributed by atoms with van der Waals surface area (Å²) in [4.78, 5) is 25.2. The van der Waals surface area contributed by atoms with Crippen LogP contribution in [0.2, 0.25) is 5.02 Å². The molecule has 1 aliphatic heterocycles. The fourth-order valence-corrected chi connectivity index (χ4v) is 3.09. The molecule has 0 saturated heterocycles. The van der Waals surface area contributed by atoms with Gasteiger partial charge in [0.1, 0.15) is 0 Å². The molecule has 2 amide bonds. The largest absolute Gasteiger partial charge is 0.454 e. The molecule has 0 saturated carbocycles. The number of halogens is 1. The van der Waals surface area contributed by atoms with Crippen molar-refractivity contribution in [1.29, 1.82) is 0 Å². The van der Waals surface area contributed by atoms with Crippen molar-refractivity contribution in [1.82, 2.24) is 10.9 Å². The van der Waals surface area contributed by atoms with E-state index in [2.05, 4.69) is 10.9 Å². The highest BCUT2D eigenvalue weighted by molar-refractivity contribution is 8.00. The number of thioether (sulfide) groups is 1. The van der Waals surface area contributed by atoms with E-state index in [1.165, 1.54) is 11.8 Å². The predicted molar refractivity (Wildman–Crippen MR) is 94.9 cm³/mol. The van der Waals surface area contributed by atoms with Crippen molar-refractivity contribution in [3.63, 3.8) is 0 Å². The number of nitrogens with one attached hydrogen (secondary N) is 2. The Hall–Kier alpha value is -2.38. The predicted octanol–water partition coefficient (Wildman–Crippen LogP) is 3.01. The van der Waals surface area contributed by atoms with Crippen molar-refractivity contribution in [3.05, 3.63) is 53.1 Å². The molecule has 2 N–H and O–H groups in total. The van der Waals surface area contributed by atoms with Crippen molar-refractivity contribution >= 4 is 35.2 Å². The zero-order valence-corrected chi connectivity index (χ0v) is 14.8. The van der Waals surface area contributed by atoms with Gasteiger partial charge in [0.05, 0.1) is 5.25 Å². The molecule has 0 spiro atoms. The van der Waals surface area contributed by atoms with E-state index in [1.807, 2.05) is 12.1 Å². The second-order valence-corrected chi connectivity index (χ2v) is 7.08. The van der Waals surface area contributed by atoms with E-state index >= 15 is 0 Å². The summed E-state index contributed by atoms with van der Waals surface area (Å²) in [5.41, 5.74) is 5.18. The molecule has 0 bridgehead atoms. The van der Waals surface area contributed by atoms with Gasteiger partial charge in [-0.3, -0.25) is 20.4 Å². The molecule has 1 heterocycles. The van der Waals surface area contributed by atoms with Crippen LogP contribution in [-0.4, -0.2) is 23.9 Å². The van der Waals surface area contributed by atoms with E-state index in [9.17, 15) is 9.59 Å². The summed E-state index contributed by atoms with van der Waals surface area (Å²) in [5.74, 6) is 0.351.